The molecule has 1 aliphatic carbocycles. The first-order valence-corrected chi connectivity index (χ1v) is 7.26. The summed E-state index contributed by atoms with van der Waals surface area (Å²) in [5.74, 6) is 0.747. The van der Waals surface area contributed by atoms with Crippen LogP contribution in [0.4, 0.5) is 5.69 Å². The topological polar surface area (TPSA) is 15.3 Å². The molecule has 100 valence electrons. The number of rotatable bonds is 7. The normalized spacial score (nSPS) is 15.4. The van der Waals surface area contributed by atoms with Gasteiger partial charge in [0.2, 0.25) is 0 Å². The van der Waals surface area contributed by atoms with E-state index >= 15 is 0 Å². The zero-order valence-corrected chi connectivity index (χ0v) is 12.1. The highest BCUT2D eigenvalue weighted by molar-refractivity contribution is 6.30. The second-order valence-corrected chi connectivity index (χ2v) is 5.99. The molecule has 0 amide bonds. The van der Waals surface area contributed by atoms with E-state index in [-0.39, 0.29) is 0 Å². The standard InChI is InChI=1S/C15H23ClN2/c1-12(2)11-18(15-6-7-15)9-8-17-14-5-3-4-13(16)10-14/h3-5,10,12,15,17H,6-9,11H2,1-2H3. The van der Waals surface area contributed by atoms with Gasteiger partial charge in [0.15, 0.2) is 0 Å². The molecule has 0 bridgehead atoms. The fraction of sp³-hybridized carbons (Fsp3) is 0.600. The molecule has 0 saturated heterocycles. The lowest BCUT2D eigenvalue weighted by Crippen LogP contribution is -2.34. The van der Waals surface area contributed by atoms with Gasteiger partial charge in [-0.2, -0.15) is 0 Å². The summed E-state index contributed by atoms with van der Waals surface area (Å²) < 4.78 is 0. The van der Waals surface area contributed by atoms with Crippen molar-refractivity contribution in [2.24, 2.45) is 5.92 Å². The molecule has 0 spiro atoms. The molecule has 0 radical (unpaired) electrons. The molecule has 1 N–H and O–H groups in total. The maximum atomic E-state index is 5.97. The van der Waals surface area contributed by atoms with Crippen LogP contribution in [-0.2, 0) is 0 Å². The van der Waals surface area contributed by atoms with Crippen LogP contribution in [0.1, 0.15) is 26.7 Å². The Morgan fingerprint density at radius 3 is 2.78 bits per heavy atom. The van der Waals surface area contributed by atoms with Crippen LogP contribution in [-0.4, -0.2) is 30.6 Å². The third-order valence-electron chi connectivity index (χ3n) is 3.22. The molecule has 3 heteroatoms. The van der Waals surface area contributed by atoms with E-state index in [9.17, 15) is 0 Å². The lowest BCUT2D eigenvalue weighted by molar-refractivity contribution is 0.243. The summed E-state index contributed by atoms with van der Waals surface area (Å²) in [6.45, 7) is 7.90. The molecule has 0 heterocycles. The summed E-state index contributed by atoms with van der Waals surface area (Å²) in [6.07, 6.45) is 2.76. The van der Waals surface area contributed by atoms with Gasteiger partial charge < -0.3 is 5.32 Å². The number of hydrogen-bond acceptors (Lipinski definition) is 2. The molecule has 0 aliphatic heterocycles. The lowest BCUT2D eigenvalue weighted by atomic mass is 10.2. The number of benzene rings is 1. The number of nitrogens with one attached hydrogen (secondary N) is 1. The summed E-state index contributed by atoms with van der Waals surface area (Å²) in [5, 5.41) is 4.24. The van der Waals surface area contributed by atoms with Gasteiger partial charge in [-0.25, -0.2) is 0 Å². The second kappa shape index (κ2) is 6.44. The zero-order chi connectivity index (χ0) is 13.0. The van der Waals surface area contributed by atoms with Crippen molar-refractivity contribution in [3.63, 3.8) is 0 Å². The van der Waals surface area contributed by atoms with E-state index in [0.29, 0.717) is 0 Å². The highest BCUT2D eigenvalue weighted by atomic mass is 35.5. The summed E-state index contributed by atoms with van der Waals surface area (Å²) in [4.78, 5) is 2.61. The highest BCUT2D eigenvalue weighted by Gasteiger charge is 2.28. The predicted molar refractivity (Wildman–Crippen MR) is 79.4 cm³/mol. The number of hydrogen-bond donors (Lipinski definition) is 1. The molecular formula is C15H23ClN2. The van der Waals surface area contributed by atoms with Gasteiger partial charge >= 0.3 is 0 Å². The lowest BCUT2D eigenvalue weighted by Gasteiger charge is -2.24. The van der Waals surface area contributed by atoms with Gasteiger partial charge in [0.25, 0.3) is 0 Å². The number of anilines is 1. The number of halogens is 1. The Morgan fingerprint density at radius 2 is 2.17 bits per heavy atom. The average molecular weight is 267 g/mol. The van der Waals surface area contributed by atoms with Gasteiger partial charge in [-0.15, -0.1) is 0 Å². The monoisotopic (exact) mass is 266 g/mol. The minimum absolute atomic E-state index is 0.747. The maximum absolute atomic E-state index is 5.97. The van der Waals surface area contributed by atoms with Gasteiger partial charge in [0, 0.05) is 36.4 Å². The van der Waals surface area contributed by atoms with Gasteiger partial charge in [0.05, 0.1) is 0 Å². The van der Waals surface area contributed by atoms with E-state index in [0.717, 1.165) is 35.8 Å². The van der Waals surface area contributed by atoms with Crippen LogP contribution in [0.25, 0.3) is 0 Å². The van der Waals surface area contributed by atoms with Crippen molar-refractivity contribution in [3.05, 3.63) is 29.3 Å². The fourth-order valence-electron chi connectivity index (χ4n) is 2.27. The van der Waals surface area contributed by atoms with Gasteiger partial charge in [-0.05, 0) is 37.0 Å². The smallest absolute Gasteiger partial charge is 0.0426 e. The Kier molecular flexibility index (Phi) is 4.90. The van der Waals surface area contributed by atoms with E-state index in [1.54, 1.807) is 0 Å². The molecule has 1 aromatic carbocycles. The Balaban J connectivity index is 1.76. The Hall–Kier alpha value is -0.730. The minimum atomic E-state index is 0.747. The molecule has 0 unspecified atom stereocenters. The molecule has 18 heavy (non-hydrogen) atoms. The highest BCUT2D eigenvalue weighted by Crippen LogP contribution is 2.27. The second-order valence-electron chi connectivity index (χ2n) is 5.56. The summed E-state index contributed by atoms with van der Waals surface area (Å²) in [6, 6.07) is 8.77. The van der Waals surface area contributed by atoms with Crippen LogP contribution < -0.4 is 5.32 Å². The first-order chi connectivity index (χ1) is 8.65. The first-order valence-electron chi connectivity index (χ1n) is 6.88. The largest absolute Gasteiger partial charge is 0.384 e. The van der Waals surface area contributed by atoms with Crippen molar-refractivity contribution in [1.82, 2.24) is 4.90 Å². The third kappa shape index (κ3) is 4.51. The molecule has 2 nitrogen and oxygen atoms in total. The summed E-state index contributed by atoms with van der Waals surface area (Å²) in [5.41, 5.74) is 1.11. The van der Waals surface area contributed by atoms with E-state index in [2.05, 4.69) is 30.1 Å². The van der Waals surface area contributed by atoms with E-state index in [1.807, 2.05) is 18.2 Å². The Labute approximate surface area is 115 Å². The van der Waals surface area contributed by atoms with Crippen molar-refractivity contribution in [2.75, 3.05) is 25.0 Å². The molecule has 0 aromatic heterocycles. The number of nitrogens with zero attached hydrogens (tertiary/aromatic N) is 1. The quantitative estimate of drug-likeness (QED) is 0.806. The third-order valence-corrected chi connectivity index (χ3v) is 3.45. The molecule has 1 aliphatic rings. The van der Waals surface area contributed by atoms with Crippen molar-refractivity contribution in [1.29, 1.82) is 0 Å². The van der Waals surface area contributed by atoms with Gasteiger partial charge in [-0.1, -0.05) is 31.5 Å². The fourth-order valence-corrected chi connectivity index (χ4v) is 2.46. The molecule has 1 saturated carbocycles. The van der Waals surface area contributed by atoms with Crippen molar-refractivity contribution < 1.29 is 0 Å². The van der Waals surface area contributed by atoms with Crippen molar-refractivity contribution >= 4 is 17.3 Å². The maximum Gasteiger partial charge on any atom is 0.0426 e. The molecule has 1 fully saturated rings. The van der Waals surface area contributed by atoms with Gasteiger partial charge in [0.1, 0.15) is 0 Å². The predicted octanol–water partition coefficient (Wildman–Crippen LogP) is 3.87. The van der Waals surface area contributed by atoms with Crippen LogP contribution in [0.5, 0.6) is 0 Å². The average Bonchev–Trinajstić information content (AvgIpc) is 3.11. The molecule has 2 rings (SSSR count). The Morgan fingerprint density at radius 1 is 1.39 bits per heavy atom. The first kappa shape index (κ1) is 13.7. The zero-order valence-electron chi connectivity index (χ0n) is 11.3. The minimum Gasteiger partial charge on any atom is -0.384 e. The summed E-state index contributed by atoms with van der Waals surface area (Å²) >= 11 is 5.97. The van der Waals surface area contributed by atoms with Gasteiger partial charge in [-0.3, -0.25) is 4.90 Å². The van der Waals surface area contributed by atoms with E-state index in [1.165, 1.54) is 19.4 Å². The molecule has 1 aromatic rings. The Bertz CT molecular complexity index is 375. The van der Waals surface area contributed by atoms with Crippen LogP contribution >= 0.6 is 11.6 Å². The molecule has 0 atom stereocenters. The van der Waals surface area contributed by atoms with E-state index in [4.69, 9.17) is 11.6 Å². The van der Waals surface area contributed by atoms with Crippen LogP contribution in [0.15, 0.2) is 24.3 Å². The van der Waals surface area contributed by atoms with Crippen molar-refractivity contribution in [2.45, 2.75) is 32.7 Å². The summed E-state index contributed by atoms with van der Waals surface area (Å²) in [7, 11) is 0. The SMILES string of the molecule is CC(C)CN(CCNc1cccc(Cl)c1)C1CC1. The molecular weight excluding hydrogens is 244 g/mol. The van der Waals surface area contributed by atoms with Crippen LogP contribution in [0, 0.1) is 5.92 Å². The van der Waals surface area contributed by atoms with E-state index < -0.39 is 0 Å². The van der Waals surface area contributed by atoms with Crippen molar-refractivity contribution in [3.8, 4) is 0 Å². The van der Waals surface area contributed by atoms with Crippen LogP contribution in [0.2, 0.25) is 5.02 Å². The van der Waals surface area contributed by atoms with Crippen LogP contribution in [0.3, 0.4) is 0 Å².